The summed E-state index contributed by atoms with van der Waals surface area (Å²) in [5, 5.41) is 4.52. The lowest BCUT2D eigenvalue weighted by Gasteiger charge is -2.22. The Morgan fingerprint density at radius 1 is 0.857 bits per heavy atom. The van der Waals surface area contributed by atoms with Crippen molar-refractivity contribution >= 4 is 34.8 Å². The number of nitrogens with one attached hydrogen (secondary N) is 1. The van der Waals surface area contributed by atoms with Crippen LogP contribution in [0.25, 0.3) is 0 Å². The van der Waals surface area contributed by atoms with Crippen LogP contribution < -0.4 is 5.32 Å². The third-order valence-corrected chi connectivity index (χ3v) is 4.34. The predicted octanol–water partition coefficient (Wildman–Crippen LogP) is 6.20. The van der Waals surface area contributed by atoms with Gasteiger partial charge in [0.15, 0.2) is 0 Å². The maximum atomic E-state index is 13.6. The Bertz CT molecular complexity index is 645. The van der Waals surface area contributed by atoms with E-state index in [2.05, 4.69) is 5.32 Å². The first-order chi connectivity index (χ1) is 9.90. The van der Waals surface area contributed by atoms with E-state index in [0.717, 1.165) is 5.56 Å². The first-order valence-electron chi connectivity index (χ1n) is 6.55. The minimum atomic E-state index is -0.477. The summed E-state index contributed by atoms with van der Waals surface area (Å²) in [6.45, 7) is 3.92. The molecular weight excluding hydrogens is 332 g/mol. The second-order valence-electron chi connectivity index (χ2n) is 4.92. The molecule has 0 aromatic heterocycles. The van der Waals surface area contributed by atoms with Gasteiger partial charge in [0.2, 0.25) is 0 Å². The Labute approximate surface area is 139 Å². The van der Waals surface area contributed by atoms with Crippen molar-refractivity contribution in [2.45, 2.75) is 25.9 Å². The molecule has 21 heavy (non-hydrogen) atoms. The summed E-state index contributed by atoms with van der Waals surface area (Å²) in [4.78, 5) is 0. The summed E-state index contributed by atoms with van der Waals surface area (Å²) in [5.41, 5.74) is 1.65. The minimum absolute atomic E-state index is 0.00325. The third kappa shape index (κ3) is 3.89. The van der Waals surface area contributed by atoms with Gasteiger partial charge in [0.1, 0.15) is 5.82 Å². The van der Waals surface area contributed by atoms with Gasteiger partial charge in [-0.25, -0.2) is 4.39 Å². The fourth-order valence-corrected chi connectivity index (χ4v) is 3.10. The molecule has 0 saturated carbocycles. The minimum Gasteiger partial charge on any atom is -0.304 e. The lowest BCUT2D eigenvalue weighted by Crippen LogP contribution is -2.23. The Morgan fingerprint density at radius 3 is 2.14 bits per heavy atom. The van der Waals surface area contributed by atoms with Gasteiger partial charge in [-0.1, -0.05) is 53.0 Å². The maximum Gasteiger partial charge on any atom is 0.142 e. The van der Waals surface area contributed by atoms with Gasteiger partial charge in [-0.15, -0.1) is 0 Å². The van der Waals surface area contributed by atoms with Crippen LogP contribution in [-0.4, -0.2) is 0 Å². The lowest BCUT2D eigenvalue weighted by molar-refractivity contribution is 0.492. The van der Waals surface area contributed by atoms with Gasteiger partial charge < -0.3 is 5.32 Å². The molecule has 2 aromatic rings. The highest BCUT2D eigenvalue weighted by Crippen LogP contribution is 2.31. The van der Waals surface area contributed by atoms with E-state index in [9.17, 15) is 4.39 Å². The summed E-state index contributed by atoms with van der Waals surface area (Å²) in [6, 6.07) is 10.3. The van der Waals surface area contributed by atoms with Crippen LogP contribution >= 0.6 is 34.8 Å². The quantitative estimate of drug-likeness (QED) is 0.650. The van der Waals surface area contributed by atoms with Gasteiger partial charge in [0, 0.05) is 22.1 Å². The molecule has 0 aliphatic heterocycles. The number of halogens is 4. The first kappa shape index (κ1) is 16.6. The van der Waals surface area contributed by atoms with Crippen molar-refractivity contribution in [2.75, 3.05) is 0 Å². The second kappa shape index (κ2) is 6.97. The summed E-state index contributed by atoms with van der Waals surface area (Å²) in [5.74, 6) is -0.477. The van der Waals surface area contributed by atoms with Crippen molar-refractivity contribution in [1.82, 2.24) is 5.32 Å². The molecule has 0 radical (unpaired) electrons. The molecule has 2 atom stereocenters. The molecule has 0 amide bonds. The first-order valence-corrected chi connectivity index (χ1v) is 7.68. The fraction of sp³-hybridized carbons (Fsp3) is 0.250. The number of benzene rings is 2. The van der Waals surface area contributed by atoms with E-state index >= 15 is 0 Å². The molecule has 0 aliphatic rings. The summed E-state index contributed by atoms with van der Waals surface area (Å²) in [7, 11) is 0. The summed E-state index contributed by atoms with van der Waals surface area (Å²) >= 11 is 18.0. The third-order valence-electron chi connectivity index (χ3n) is 3.38. The topological polar surface area (TPSA) is 12.0 Å². The van der Waals surface area contributed by atoms with E-state index in [1.54, 1.807) is 0 Å². The van der Waals surface area contributed by atoms with Crippen molar-refractivity contribution in [1.29, 1.82) is 0 Å². The Hall–Kier alpha value is -0.800. The lowest BCUT2D eigenvalue weighted by atomic mass is 10.0. The van der Waals surface area contributed by atoms with Gasteiger partial charge in [-0.3, -0.25) is 0 Å². The van der Waals surface area contributed by atoms with Crippen LogP contribution in [0, 0.1) is 5.82 Å². The predicted molar refractivity (Wildman–Crippen MR) is 87.8 cm³/mol. The largest absolute Gasteiger partial charge is 0.304 e. The van der Waals surface area contributed by atoms with Crippen molar-refractivity contribution in [3.8, 4) is 0 Å². The van der Waals surface area contributed by atoms with E-state index < -0.39 is 5.82 Å². The van der Waals surface area contributed by atoms with E-state index in [-0.39, 0.29) is 17.1 Å². The Kier molecular flexibility index (Phi) is 5.50. The van der Waals surface area contributed by atoms with Gasteiger partial charge in [-0.2, -0.15) is 0 Å². The normalized spacial score (nSPS) is 14.0. The Morgan fingerprint density at radius 2 is 1.48 bits per heavy atom. The zero-order valence-corrected chi connectivity index (χ0v) is 13.9. The standard InChI is InChI=1S/C16H15Cl3FN/c1-9(11-5-3-4-6-13(11)17)21-10(2)12-7-16(20)15(19)8-14(12)18/h3-10,21H,1-2H3/t9-,10?/m1/s1. The highest BCUT2D eigenvalue weighted by Gasteiger charge is 2.17. The van der Waals surface area contributed by atoms with Crippen LogP contribution in [0.2, 0.25) is 15.1 Å². The molecule has 0 heterocycles. The molecule has 1 N–H and O–H groups in total. The number of rotatable bonds is 4. The second-order valence-corrected chi connectivity index (χ2v) is 6.14. The Balaban J connectivity index is 2.20. The SMILES string of the molecule is CC(N[C@H](C)c1ccccc1Cl)c1cc(F)c(Cl)cc1Cl. The van der Waals surface area contributed by atoms with Crippen molar-refractivity contribution in [2.24, 2.45) is 0 Å². The molecule has 5 heteroatoms. The molecule has 0 saturated heterocycles. The van der Waals surface area contributed by atoms with Gasteiger partial charge >= 0.3 is 0 Å². The van der Waals surface area contributed by atoms with Crippen molar-refractivity contribution in [3.63, 3.8) is 0 Å². The van der Waals surface area contributed by atoms with E-state index in [0.29, 0.717) is 15.6 Å². The molecule has 2 aromatic carbocycles. The average molecular weight is 347 g/mol. The van der Waals surface area contributed by atoms with Gasteiger partial charge in [-0.05, 0) is 43.2 Å². The van der Waals surface area contributed by atoms with Crippen LogP contribution in [0.4, 0.5) is 4.39 Å². The zero-order chi connectivity index (χ0) is 15.6. The van der Waals surface area contributed by atoms with Crippen LogP contribution in [0.5, 0.6) is 0 Å². The molecule has 0 spiro atoms. The van der Waals surface area contributed by atoms with Gasteiger partial charge in [0.05, 0.1) is 5.02 Å². The molecule has 2 rings (SSSR count). The van der Waals surface area contributed by atoms with Crippen LogP contribution in [0.1, 0.15) is 37.1 Å². The van der Waals surface area contributed by atoms with Crippen LogP contribution in [0.15, 0.2) is 36.4 Å². The molecule has 112 valence electrons. The smallest absolute Gasteiger partial charge is 0.142 e. The van der Waals surface area contributed by atoms with Gasteiger partial charge in [0.25, 0.3) is 0 Å². The van der Waals surface area contributed by atoms with Crippen LogP contribution in [0.3, 0.4) is 0 Å². The molecule has 0 aliphatic carbocycles. The average Bonchev–Trinajstić information content (AvgIpc) is 2.43. The number of hydrogen-bond acceptors (Lipinski definition) is 1. The molecular formula is C16H15Cl3FN. The molecule has 1 nitrogen and oxygen atoms in total. The number of hydrogen-bond donors (Lipinski definition) is 1. The van der Waals surface area contributed by atoms with E-state index in [4.69, 9.17) is 34.8 Å². The zero-order valence-electron chi connectivity index (χ0n) is 11.6. The van der Waals surface area contributed by atoms with Crippen molar-refractivity contribution in [3.05, 3.63) is 68.4 Å². The van der Waals surface area contributed by atoms with Crippen LogP contribution in [-0.2, 0) is 0 Å². The van der Waals surface area contributed by atoms with E-state index in [1.807, 2.05) is 38.1 Å². The highest BCUT2D eigenvalue weighted by molar-refractivity contribution is 6.35. The fourth-order valence-electron chi connectivity index (χ4n) is 2.25. The molecule has 0 bridgehead atoms. The molecule has 0 fully saturated rings. The van der Waals surface area contributed by atoms with Crippen molar-refractivity contribution < 1.29 is 4.39 Å². The van der Waals surface area contributed by atoms with E-state index in [1.165, 1.54) is 12.1 Å². The maximum absolute atomic E-state index is 13.6. The molecule has 1 unspecified atom stereocenters. The highest BCUT2D eigenvalue weighted by atomic mass is 35.5. The summed E-state index contributed by atoms with van der Waals surface area (Å²) in [6.07, 6.45) is 0. The summed E-state index contributed by atoms with van der Waals surface area (Å²) < 4.78 is 13.6. The monoisotopic (exact) mass is 345 g/mol.